The van der Waals surface area contributed by atoms with Gasteiger partial charge in [0.15, 0.2) is 11.5 Å². The van der Waals surface area contributed by atoms with Gasteiger partial charge in [-0.1, -0.05) is 75.1 Å². The van der Waals surface area contributed by atoms with Gasteiger partial charge in [0.1, 0.15) is 6.61 Å². The lowest BCUT2D eigenvalue weighted by atomic mass is 10.1. The van der Waals surface area contributed by atoms with Gasteiger partial charge in [0.05, 0.1) is 7.11 Å². The normalized spacial score (nSPS) is 10.7. The van der Waals surface area contributed by atoms with Crippen molar-refractivity contribution < 1.29 is 14.3 Å². The van der Waals surface area contributed by atoms with Crippen molar-refractivity contribution in [2.75, 3.05) is 13.7 Å². The van der Waals surface area contributed by atoms with Crippen LogP contribution in [0.15, 0.2) is 72.9 Å². The highest BCUT2D eigenvalue weighted by molar-refractivity contribution is 5.76. The molecule has 0 aliphatic heterocycles. The van der Waals surface area contributed by atoms with Gasteiger partial charge in [0.2, 0.25) is 5.91 Å². The summed E-state index contributed by atoms with van der Waals surface area (Å²) in [6.45, 7) is 3.83. The molecule has 0 aliphatic rings. The average molecular weight is 475 g/mol. The van der Waals surface area contributed by atoms with Gasteiger partial charge in [0.25, 0.3) is 0 Å². The molecular weight excluding hydrogens is 436 g/mol. The Morgan fingerprint density at radius 3 is 2.43 bits per heavy atom. The molecule has 5 nitrogen and oxygen atoms in total. The van der Waals surface area contributed by atoms with E-state index < -0.39 is 0 Å². The quantitative estimate of drug-likeness (QED) is 0.233. The summed E-state index contributed by atoms with van der Waals surface area (Å²) < 4.78 is 11.6. The van der Waals surface area contributed by atoms with Crippen molar-refractivity contribution in [2.24, 2.45) is 0 Å². The maximum absolute atomic E-state index is 13.2. The lowest BCUT2D eigenvalue weighted by Gasteiger charge is -2.23. The molecule has 1 amide bonds. The first-order valence-electron chi connectivity index (χ1n) is 12.7. The van der Waals surface area contributed by atoms with Crippen LogP contribution in [0.2, 0.25) is 0 Å². The van der Waals surface area contributed by atoms with Crippen molar-refractivity contribution >= 4 is 5.91 Å². The topological polar surface area (TPSA) is 51.7 Å². The lowest BCUT2D eigenvalue weighted by Crippen LogP contribution is -2.32. The average Bonchev–Trinajstić information content (AvgIpc) is 2.90. The summed E-state index contributed by atoms with van der Waals surface area (Å²) >= 11 is 0. The monoisotopic (exact) mass is 474 g/mol. The summed E-state index contributed by atoms with van der Waals surface area (Å²) in [5.41, 5.74) is 3.11. The third kappa shape index (κ3) is 9.08. The minimum atomic E-state index is 0.194. The number of unbranched alkanes of at least 4 members (excludes halogenated alkanes) is 4. The van der Waals surface area contributed by atoms with E-state index in [-0.39, 0.29) is 5.91 Å². The van der Waals surface area contributed by atoms with Crippen molar-refractivity contribution in [3.8, 4) is 11.5 Å². The highest BCUT2D eigenvalue weighted by atomic mass is 16.5. The predicted octanol–water partition coefficient (Wildman–Crippen LogP) is 6.60. The number of nitrogens with zero attached hydrogens (tertiary/aromatic N) is 2. The van der Waals surface area contributed by atoms with Gasteiger partial charge in [-0.15, -0.1) is 0 Å². The van der Waals surface area contributed by atoms with Gasteiger partial charge in [-0.05, 0) is 41.8 Å². The molecule has 3 aromatic rings. The molecule has 0 bridgehead atoms. The zero-order chi connectivity index (χ0) is 24.7. The molecule has 35 heavy (non-hydrogen) atoms. The Labute approximate surface area is 210 Å². The second-order valence-electron chi connectivity index (χ2n) is 8.81. The first-order valence-corrected chi connectivity index (χ1v) is 12.7. The fourth-order valence-corrected chi connectivity index (χ4v) is 4.01. The van der Waals surface area contributed by atoms with Gasteiger partial charge >= 0.3 is 0 Å². The molecule has 1 aromatic heterocycles. The molecule has 0 atom stereocenters. The van der Waals surface area contributed by atoms with Crippen molar-refractivity contribution in [3.05, 3.63) is 89.7 Å². The van der Waals surface area contributed by atoms with E-state index in [1.54, 1.807) is 13.3 Å². The molecule has 0 aliphatic carbocycles. The van der Waals surface area contributed by atoms with Gasteiger partial charge in [-0.3, -0.25) is 9.78 Å². The van der Waals surface area contributed by atoms with Crippen molar-refractivity contribution in [3.63, 3.8) is 0 Å². The van der Waals surface area contributed by atoms with Gasteiger partial charge in [0, 0.05) is 37.8 Å². The number of rotatable bonds is 15. The summed E-state index contributed by atoms with van der Waals surface area (Å²) in [5, 5.41) is 0. The molecule has 0 unspecified atom stereocenters. The third-order valence-electron chi connectivity index (χ3n) is 6.05. The Kier molecular flexibility index (Phi) is 11.1. The van der Waals surface area contributed by atoms with Crippen molar-refractivity contribution in [2.45, 2.75) is 65.0 Å². The van der Waals surface area contributed by atoms with Gasteiger partial charge in [-0.25, -0.2) is 0 Å². The maximum Gasteiger partial charge on any atom is 0.222 e. The molecule has 1 heterocycles. The third-order valence-corrected chi connectivity index (χ3v) is 6.05. The number of hydrogen-bond acceptors (Lipinski definition) is 4. The number of ether oxygens (including phenoxy) is 2. The van der Waals surface area contributed by atoms with E-state index >= 15 is 0 Å². The van der Waals surface area contributed by atoms with E-state index in [0.717, 1.165) is 36.1 Å². The number of amides is 1. The zero-order valence-electron chi connectivity index (χ0n) is 21.1. The number of carbonyl (C=O) groups excluding carboxylic acids is 1. The Morgan fingerprint density at radius 2 is 1.69 bits per heavy atom. The molecule has 0 spiro atoms. The smallest absolute Gasteiger partial charge is 0.222 e. The van der Waals surface area contributed by atoms with Crippen LogP contribution in [0.3, 0.4) is 0 Å². The number of benzene rings is 2. The van der Waals surface area contributed by atoms with Crippen LogP contribution in [0.4, 0.5) is 0 Å². The number of aromatic nitrogens is 1. The molecule has 186 valence electrons. The molecule has 0 saturated heterocycles. The fourth-order valence-electron chi connectivity index (χ4n) is 4.01. The van der Waals surface area contributed by atoms with Crippen LogP contribution in [-0.4, -0.2) is 29.4 Å². The van der Waals surface area contributed by atoms with E-state index in [4.69, 9.17) is 9.47 Å². The summed E-state index contributed by atoms with van der Waals surface area (Å²) in [6, 6.07) is 21.9. The summed E-state index contributed by atoms with van der Waals surface area (Å²) in [4.78, 5) is 19.6. The molecule has 0 N–H and O–H groups in total. The first-order chi connectivity index (χ1) is 17.2. The highest BCUT2D eigenvalue weighted by Crippen LogP contribution is 2.29. The lowest BCUT2D eigenvalue weighted by molar-refractivity contribution is -0.132. The summed E-state index contributed by atoms with van der Waals surface area (Å²) in [6.07, 6.45) is 8.79. The Morgan fingerprint density at radius 1 is 0.886 bits per heavy atom. The Bertz CT molecular complexity index is 1010. The minimum absolute atomic E-state index is 0.194. The molecular formula is C30H38N2O3. The second-order valence-corrected chi connectivity index (χ2v) is 8.81. The first kappa shape index (κ1) is 26.3. The zero-order valence-corrected chi connectivity index (χ0v) is 21.1. The fraction of sp³-hybridized carbons (Fsp3) is 0.400. The molecule has 2 aromatic carbocycles. The van der Waals surface area contributed by atoms with Crippen LogP contribution >= 0.6 is 0 Å². The summed E-state index contributed by atoms with van der Waals surface area (Å²) in [5.74, 6) is 1.57. The number of methoxy groups -OCH3 is 1. The van der Waals surface area contributed by atoms with Crippen LogP contribution in [0.25, 0.3) is 0 Å². The Balaban J connectivity index is 1.68. The van der Waals surface area contributed by atoms with Crippen LogP contribution in [0.5, 0.6) is 11.5 Å². The molecule has 3 rings (SSSR count). The van der Waals surface area contributed by atoms with Crippen LogP contribution in [-0.2, 0) is 24.4 Å². The minimum Gasteiger partial charge on any atom is -0.493 e. The van der Waals surface area contributed by atoms with Gasteiger partial charge < -0.3 is 14.4 Å². The van der Waals surface area contributed by atoms with Crippen LogP contribution in [0.1, 0.15) is 62.3 Å². The second kappa shape index (κ2) is 14.8. The van der Waals surface area contributed by atoms with E-state index in [1.165, 1.54) is 19.3 Å². The van der Waals surface area contributed by atoms with Crippen LogP contribution in [0, 0.1) is 0 Å². The molecule has 5 heteroatoms. The summed E-state index contributed by atoms with van der Waals surface area (Å²) in [7, 11) is 1.64. The maximum atomic E-state index is 13.2. The molecule has 0 radical (unpaired) electrons. The van der Waals surface area contributed by atoms with Crippen molar-refractivity contribution in [1.29, 1.82) is 0 Å². The van der Waals surface area contributed by atoms with E-state index in [9.17, 15) is 4.79 Å². The van der Waals surface area contributed by atoms with E-state index in [2.05, 4.69) is 11.9 Å². The standard InChI is InChI=1S/C30H38N2O3/c1-3-4-5-6-10-16-30(33)32(21-19-27-15-11-12-20-31-27)23-26-17-18-28(34-2)29(22-26)35-24-25-13-8-7-9-14-25/h7-9,11-15,17-18,20,22H,3-6,10,16,19,21,23-24H2,1-2H3. The van der Waals surface area contributed by atoms with E-state index in [0.29, 0.717) is 37.6 Å². The molecule has 0 saturated carbocycles. The number of pyridine rings is 1. The Hall–Kier alpha value is -3.34. The SMILES string of the molecule is CCCCCCCC(=O)N(CCc1ccccn1)Cc1ccc(OC)c(OCc2ccccc2)c1. The number of hydrogen-bond donors (Lipinski definition) is 0. The van der Waals surface area contributed by atoms with E-state index in [1.807, 2.05) is 71.6 Å². The highest BCUT2D eigenvalue weighted by Gasteiger charge is 2.16. The van der Waals surface area contributed by atoms with Crippen LogP contribution < -0.4 is 9.47 Å². The largest absolute Gasteiger partial charge is 0.493 e. The van der Waals surface area contributed by atoms with Crippen molar-refractivity contribution in [1.82, 2.24) is 9.88 Å². The van der Waals surface area contributed by atoms with Gasteiger partial charge in [-0.2, -0.15) is 0 Å². The molecule has 0 fully saturated rings. The number of carbonyl (C=O) groups is 1. The predicted molar refractivity (Wildman–Crippen MR) is 141 cm³/mol.